The molecular formula is C18H19FN2O3. The Kier molecular flexibility index (Phi) is 5.05. The number of carbonyl (C=O) groups excluding carboxylic acids is 1. The van der Waals surface area contributed by atoms with E-state index in [0.29, 0.717) is 18.8 Å². The van der Waals surface area contributed by atoms with E-state index in [9.17, 15) is 14.0 Å². The first kappa shape index (κ1) is 16.4. The van der Waals surface area contributed by atoms with Crippen LogP contribution < -0.4 is 10.9 Å². The second kappa shape index (κ2) is 7.40. The largest absolute Gasteiger partial charge is 0.381 e. The molecule has 0 unspecified atom stereocenters. The molecule has 0 atom stereocenters. The van der Waals surface area contributed by atoms with Crippen LogP contribution in [0.3, 0.4) is 0 Å². The Hall–Kier alpha value is -2.47. The smallest absolute Gasteiger partial charge is 0.263 e. The molecule has 0 spiro atoms. The molecule has 1 saturated heterocycles. The summed E-state index contributed by atoms with van der Waals surface area (Å²) < 4.78 is 20.4. The molecule has 2 aromatic rings. The summed E-state index contributed by atoms with van der Waals surface area (Å²) >= 11 is 0. The molecule has 1 aromatic carbocycles. The summed E-state index contributed by atoms with van der Waals surface area (Å²) in [5.41, 5.74) is 0.0484. The van der Waals surface area contributed by atoms with E-state index in [1.165, 1.54) is 16.7 Å². The van der Waals surface area contributed by atoms with Crippen molar-refractivity contribution in [1.29, 1.82) is 0 Å². The van der Waals surface area contributed by atoms with Gasteiger partial charge in [0.25, 0.3) is 11.5 Å². The van der Waals surface area contributed by atoms with Crippen molar-refractivity contribution in [3.05, 3.63) is 69.9 Å². The van der Waals surface area contributed by atoms with Crippen molar-refractivity contribution in [1.82, 2.24) is 9.88 Å². The first-order chi connectivity index (χ1) is 11.6. The minimum absolute atomic E-state index is 0.0193. The number of amides is 1. The van der Waals surface area contributed by atoms with Crippen LogP contribution in [0, 0.1) is 5.82 Å². The minimum atomic E-state index is -0.426. The molecule has 0 bridgehead atoms. The van der Waals surface area contributed by atoms with E-state index in [1.54, 1.807) is 30.5 Å². The molecule has 1 aliphatic heterocycles. The summed E-state index contributed by atoms with van der Waals surface area (Å²) in [5, 5.41) is 2.87. The van der Waals surface area contributed by atoms with E-state index in [-0.39, 0.29) is 24.0 Å². The monoisotopic (exact) mass is 330 g/mol. The fourth-order valence-corrected chi connectivity index (χ4v) is 2.75. The number of pyridine rings is 1. The van der Waals surface area contributed by atoms with Gasteiger partial charge in [0.05, 0.1) is 6.54 Å². The van der Waals surface area contributed by atoms with Gasteiger partial charge in [-0.3, -0.25) is 9.59 Å². The molecular weight excluding hydrogens is 311 g/mol. The summed E-state index contributed by atoms with van der Waals surface area (Å²) in [5.74, 6) is -0.767. The number of halogens is 1. The number of ether oxygens (including phenoxy) is 1. The Labute approximate surface area is 139 Å². The van der Waals surface area contributed by atoms with Crippen LogP contribution >= 0.6 is 0 Å². The lowest BCUT2D eigenvalue weighted by atomic mass is 10.1. The lowest BCUT2D eigenvalue weighted by molar-refractivity contribution is 0.0695. The van der Waals surface area contributed by atoms with Gasteiger partial charge in [-0.15, -0.1) is 0 Å². The standard InChI is InChI=1S/C18H19FN2O3/c19-16-6-2-1-4-13(16)12-21-9-3-5-15(18(21)23)17(22)20-14-7-10-24-11-8-14/h1-6,9,14H,7-8,10-12H2,(H,20,22). The Bertz CT molecular complexity index is 782. The van der Waals surface area contributed by atoms with Gasteiger partial charge in [-0.1, -0.05) is 18.2 Å². The van der Waals surface area contributed by atoms with Crippen molar-refractivity contribution in [2.75, 3.05) is 13.2 Å². The van der Waals surface area contributed by atoms with E-state index in [1.807, 2.05) is 0 Å². The Morgan fingerprint density at radius 3 is 2.71 bits per heavy atom. The third-order valence-electron chi connectivity index (χ3n) is 4.12. The van der Waals surface area contributed by atoms with Gasteiger partial charge in [-0.2, -0.15) is 0 Å². The van der Waals surface area contributed by atoms with Gasteiger partial charge in [-0.25, -0.2) is 4.39 Å². The van der Waals surface area contributed by atoms with Gasteiger partial charge >= 0.3 is 0 Å². The van der Waals surface area contributed by atoms with Crippen LogP contribution in [0.2, 0.25) is 0 Å². The summed E-state index contributed by atoms with van der Waals surface area (Å²) in [6.07, 6.45) is 3.03. The van der Waals surface area contributed by atoms with Crippen LogP contribution in [0.5, 0.6) is 0 Å². The van der Waals surface area contributed by atoms with Crippen molar-refractivity contribution in [2.45, 2.75) is 25.4 Å². The van der Waals surface area contributed by atoms with Gasteiger partial charge in [-0.05, 0) is 31.0 Å². The predicted octanol–water partition coefficient (Wildman–Crippen LogP) is 1.94. The molecule has 2 heterocycles. The molecule has 24 heavy (non-hydrogen) atoms. The lowest BCUT2D eigenvalue weighted by Crippen LogP contribution is -2.41. The van der Waals surface area contributed by atoms with Gasteiger partial charge in [0.2, 0.25) is 0 Å². The fraction of sp³-hybridized carbons (Fsp3) is 0.333. The van der Waals surface area contributed by atoms with Crippen LogP contribution in [0.4, 0.5) is 4.39 Å². The van der Waals surface area contributed by atoms with E-state index in [4.69, 9.17) is 4.74 Å². The SMILES string of the molecule is O=C(NC1CCOCC1)c1cccn(Cc2ccccc2F)c1=O. The van der Waals surface area contributed by atoms with E-state index >= 15 is 0 Å². The summed E-state index contributed by atoms with van der Waals surface area (Å²) in [4.78, 5) is 24.9. The number of nitrogens with one attached hydrogen (secondary N) is 1. The molecule has 1 aromatic heterocycles. The predicted molar refractivity (Wildman–Crippen MR) is 87.5 cm³/mol. The topological polar surface area (TPSA) is 60.3 Å². The number of nitrogens with zero attached hydrogens (tertiary/aromatic N) is 1. The molecule has 1 aliphatic rings. The number of carbonyl (C=O) groups is 1. The first-order valence-electron chi connectivity index (χ1n) is 7.96. The molecule has 0 radical (unpaired) electrons. The van der Waals surface area contributed by atoms with Crippen molar-refractivity contribution in [3.63, 3.8) is 0 Å². The highest BCUT2D eigenvalue weighted by Crippen LogP contribution is 2.09. The number of rotatable bonds is 4. The molecule has 6 heteroatoms. The molecule has 3 rings (SSSR count). The van der Waals surface area contributed by atoms with Crippen LogP contribution in [-0.2, 0) is 11.3 Å². The average molecular weight is 330 g/mol. The van der Waals surface area contributed by atoms with E-state index < -0.39 is 11.5 Å². The molecule has 1 fully saturated rings. The van der Waals surface area contributed by atoms with Crippen LogP contribution in [-0.4, -0.2) is 29.7 Å². The highest BCUT2D eigenvalue weighted by molar-refractivity contribution is 5.94. The van der Waals surface area contributed by atoms with E-state index in [0.717, 1.165) is 12.8 Å². The van der Waals surface area contributed by atoms with Crippen LogP contribution in [0.15, 0.2) is 47.4 Å². The summed E-state index contributed by atoms with van der Waals surface area (Å²) in [6, 6.07) is 9.42. The van der Waals surface area contributed by atoms with Crippen LogP contribution in [0.25, 0.3) is 0 Å². The molecule has 126 valence electrons. The third kappa shape index (κ3) is 3.71. The molecule has 1 N–H and O–H groups in total. The second-order valence-corrected chi connectivity index (χ2v) is 5.81. The average Bonchev–Trinajstić information content (AvgIpc) is 2.59. The van der Waals surface area contributed by atoms with Gasteiger partial charge in [0, 0.05) is 31.0 Å². The molecule has 5 nitrogen and oxygen atoms in total. The van der Waals surface area contributed by atoms with Crippen molar-refractivity contribution in [3.8, 4) is 0 Å². The Morgan fingerprint density at radius 2 is 1.96 bits per heavy atom. The zero-order valence-corrected chi connectivity index (χ0v) is 13.2. The van der Waals surface area contributed by atoms with Crippen molar-refractivity contribution in [2.24, 2.45) is 0 Å². The van der Waals surface area contributed by atoms with Crippen LogP contribution in [0.1, 0.15) is 28.8 Å². The number of aromatic nitrogens is 1. The number of hydrogen-bond donors (Lipinski definition) is 1. The maximum Gasteiger partial charge on any atom is 0.263 e. The maximum absolute atomic E-state index is 13.8. The van der Waals surface area contributed by atoms with Gasteiger partial charge in [0.15, 0.2) is 0 Å². The summed E-state index contributed by atoms with van der Waals surface area (Å²) in [6.45, 7) is 1.30. The van der Waals surface area contributed by atoms with E-state index in [2.05, 4.69) is 5.32 Å². The summed E-state index contributed by atoms with van der Waals surface area (Å²) in [7, 11) is 0. The normalized spacial score (nSPS) is 15.2. The molecule has 1 amide bonds. The zero-order valence-electron chi connectivity index (χ0n) is 13.2. The molecule has 0 aliphatic carbocycles. The van der Waals surface area contributed by atoms with Gasteiger partial charge in [0.1, 0.15) is 11.4 Å². The Morgan fingerprint density at radius 1 is 1.21 bits per heavy atom. The number of hydrogen-bond acceptors (Lipinski definition) is 3. The zero-order chi connectivity index (χ0) is 16.9. The highest BCUT2D eigenvalue weighted by atomic mass is 19.1. The fourth-order valence-electron chi connectivity index (χ4n) is 2.75. The van der Waals surface area contributed by atoms with Crippen molar-refractivity contribution >= 4 is 5.91 Å². The minimum Gasteiger partial charge on any atom is -0.381 e. The second-order valence-electron chi connectivity index (χ2n) is 5.81. The first-order valence-corrected chi connectivity index (χ1v) is 7.96. The van der Waals surface area contributed by atoms with Gasteiger partial charge < -0.3 is 14.6 Å². The quantitative estimate of drug-likeness (QED) is 0.932. The maximum atomic E-state index is 13.8. The van der Waals surface area contributed by atoms with Crippen molar-refractivity contribution < 1.29 is 13.9 Å². The Balaban J connectivity index is 1.79. The highest BCUT2D eigenvalue weighted by Gasteiger charge is 2.19. The molecule has 0 saturated carbocycles. The third-order valence-corrected chi connectivity index (χ3v) is 4.12. The number of benzene rings is 1. The lowest BCUT2D eigenvalue weighted by Gasteiger charge is -2.23.